The number of rotatable bonds is 4. The number of hydrogen-bond acceptors (Lipinski definition) is 3. The van der Waals surface area contributed by atoms with Crippen LogP contribution in [0.15, 0.2) is 18.2 Å². The zero-order chi connectivity index (χ0) is 11.3. The molecular weight excluding hydrogens is 235 g/mol. The van der Waals surface area contributed by atoms with Gasteiger partial charge in [0, 0.05) is 17.5 Å². The van der Waals surface area contributed by atoms with E-state index in [1.807, 2.05) is 6.07 Å². The van der Waals surface area contributed by atoms with Gasteiger partial charge in [-0.15, -0.1) is 0 Å². The Kier molecular flexibility index (Phi) is 4.70. The maximum absolute atomic E-state index is 8.45. The summed E-state index contributed by atoms with van der Waals surface area (Å²) in [7, 11) is 0. The highest BCUT2D eigenvalue weighted by Crippen LogP contribution is 2.27. The van der Waals surface area contributed by atoms with E-state index < -0.39 is 6.04 Å². The molecule has 0 bridgehead atoms. The van der Waals surface area contributed by atoms with E-state index in [2.05, 4.69) is 0 Å². The Morgan fingerprint density at radius 1 is 1.47 bits per heavy atom. The standard InChI is InChI=1S/C10H10Cl2N2O/c11-7-1-2-9(12)10(5-7)15-4-3-8(14)6-13/h1-2,5,8H,3-4,14H2. The van der Waals surface area contributed by atoms with Crippen molar-refractivity contribution >= 4 is 23.2 Å². The van der Waals surface area contributed by atoms with Gasteiger partial charge in [-0.05, 0) is 12.1 Å². The Morgan fingerprint density at radius 3 is 2.87 bits per heavy atom. The van der Waals surface area contributed by atoms with Gasteiger partial charge in [-0.1, -0.05) is 23.2 Å². The Labute approximate surface area is 98.3 Å². The molecule has 0 aliphatic heterocycles. The lowest BCUT2D eigenvalue weighted by Gasteiger charge is -2.08. The molecule has 0 fully saturated rings. The number of nitrogens with zero attached hydrogens (tertiary/aromatic N) is 1. The summed E-state index contributed by atoms with van der Waals surface area (Å²) in [4.78, 5) is 0. The first-order chi connectivity index (χ1) is 7.13. The van der Waals surface area contributed by atoms with Crippen molar-refractivity contribution in [3.05, 3.63) is 28.2 Å². The second-order valence-corrected chi connectivity index (χ2v) is 3.79. The molecule has 1 unspecified atom stereocenters. The van der Waals surface area contributed by atoms with Crippen LogP contribution in [0.4, 0.5) is 0 Å². The van der Waals surface area contributed by atoms with E-state index >= 15 is 0 Å². The van der Waals surface area contributed by atoms with E-state index in [1.54, 1.807) is 18.2 Å². The van der Waals surface area contributed by atoms with Gasteiger partial charge in [-0.25, -0.2) is 0 Å². The van der Waals surface area contributed by atoms with Gasteiger partial charge in [0.2, 0.25) is 0 Å². The number of benzene rings is 1. The average molecular weight is 245 g/mol. The SMILES string of the molecule is N#CC(N)CCOc1cc(Cl)ccc1Cl. The molecule has 0 amide bonds. The molecule has 3 nitrogen and oxygen atoms in total. The van der Waals surface area contributed by atoms with Gasteiger partial charge in [0.1, 0.15) is 5.75 Å². The van der Waals surface area contributed by atoms with E-state index in [0.717, 1.165) is 0 Å². The first kappa shape index (κ1) is 12.1. The molecular formula is C10H10Cl2N2O. The molecule has 0 radical (unpaired) electrons. The highest BCUT2D eigenvalue weighted by Gasteiger charge is 2.04. The van der Waals surface area contributed by atoms with Gasteiger partial charge in [-0.2, -0.15) is 5.26 Å². The Hall–Kier alpha value is -0.950. The van der Waals surface area contributed by atoms with E-state index in [-0.39, 0.29) is 0 Å². The lowest BCUT2D eigenvalue weighted by Crippen LogP contribution is -2.20. The minimum absolute atomic E-state index is 0.342. The molecule has 0 aromatic heterocycles. The summed E-state index contributed by atoms with van der Waals surface area (Å²) in [6.07, 6.45) is 0.458. The largest absolute Gasteiger partial charge is 0.492 e. The van der Waals surface area contributed by atoms with Crippen molar-refractivity contribution in [2.45, 2.75) is 12.5 Å². The minimum Gasteiger partial charge on any atom is -0.492 e. The van der Waals surface area contributed by atoms with Crippen LogP contribution in [0.5, 0.6) is 5.75 Å². The molecule has 0 aliphatic rings. The maximum atomic E-state index is 8.45. The van der Waals surface area contributed by atoms with Crippen LogP contribution in [0.25, 0.3) is 0 Å². The van der Waals surface area contributed by atoms with E-state index in [9.17, 15) is 0 Å². The Balaban J connectivity index is 2.51. The van der Waals surface area contributed by atoms with Crippen LogP contribution in [0.2, 0.25) is 10.0 Å². The fourth-order valence-electron chi connectivity index (χ4n) is 0.948. The third-order valence-electron chi connectivity index (χ3n) is 1.75. The maximum Gasteiger partial charge on any atom is 0.139 e. The van der Waals surface area contributed by atoms with E-state index in [4.69, 9.17) is 38.9 Å². The first-order valence-corrected chi connectivity index (χ1v) is 5.12. The van der Waals surface area contributed by atoms with Crippen LogP contribution in [0, 0.1) is 11.3 Å². The van der Waals surface area contributed by atoms with Crippen molar-refractivity contribution < 1.29 is 4.74 Å². The van der Waals surface area contributed by atoms with Gasteiger partial charge in [0.25, 0.3) is 0 Å². The van der Waals surface area contributed by atoms with Gasteiger partial charge in [0.15, 0.2) is 0 Å². The van der Waals surface area contributed by atoms with Crippen LogP contribution in [0.1, 0.15) is 6.42 Å². The predicted octanol–water partition coefficient (Wildman–Crippen LogP) is 2.61. The van der Waals surface area contributed by atoms with Crippen molar-refractivity contribution in [1.29, 1.82) is 5.26 Å². The number of ether oxygens (including phenoxy) is 1. The molecule has 0 heterocycles. The number of hydrogen-bond donors (Lipinski definition) is 1. The van der Waals surface area contributed by atoms with Crippen LogP contribution in [-0.2, 0) is 0 Å². The number of halogens is 2. The summed E-state index contributed by atoms with van der Waals surface area (Å²) in [6.45, 7) is 0.342. The molecule has 2 N–H and O–H groups in total. The number of nitriles is 1. The summed E-state index contributed by atoms with van der Waals surface area (Å²) < 4.78 is 5.34. The van der Waals surface area contributed by atoms with Crippen LogP contribution >= 0.6 is 23.2 Å². The average Bonchev–Trinajstić information content (AvgIpc) is 2.23. The van der Waals surface area contributed by atoms with E-state index in [0.29, 0.717) is 28.8 Å². The molecule has 5 heteroatoms. The minimum atomic E-state index is -0.511. The van der Waals surface area contributed by atoms with E-state index in [1.165, 1.54) is 0 Å². The van der Waals surface area contributed by atoms with Crippen LogP contribution < -0.4 is 10.5 Å². The quantitative estimate of drug-likeness (QED) is 0.886. The van der Waals surface area contributed by atoms with Crippen LogP contribution in [0.3, 0.4) is 0 Å². The summed E-state index contributed by atoms with van der Waals surface area (Å²) in [6, 6.07) is 6.37. The monoisotopic (exact) mass is 244 g/mol. The fraction of sp³-hybridized carbons (Fsp3) is 0.300. The topological polar surface area (TPSA) is 59.0 Å². The molecule has 1 aromatic rings. The first-order valence-electron chi connectivity index (χ1n) is 4.36. The van der Waals surface area contributed by atoms with Gasteiger partial charge in [0.05, 0.1) is 23.7 Å². The third kappa shape index (κ3) is 3.96. The summed E-state index contributed by atoms with van der Waals surface area (Å²) in [5, 5.41) is 9.50. The molecule has 1 rings (SSSR count). The Morgan fingerprint density at radius 2 is 2.20 bits per heavy atom. The molecule has 0 saturated heterocycles. The second kappa shape index (κ2) is 5.82. The third-order valence-corrected chi connectivity index (χ3v) is 2.29. The second-order valence-electron chi connectivity index (χ2n) is 2.95. The van der Waals surface area contributed by atoms with Gasteiger partial charge in [-0.3, -0.25) is 0 Å². The van der Waals surface area contributed by atoms with Crippen molar-refractivity contribution in [2.75, 3.05) is 6.61 Å². The lowest BCUT2D eigenvalue weighted by atomic mass is 10.2. The molecule has 15 heavy (non-hydrogen) atoms. The molecule has 1 aromatic carbocycles. The van der Waals surface area contributed by atoms with Crippen molar-refractivity contribution in [3.8, 4) is 11.8 Å². The molecule has 0 aliphatic carbocycles. The molecule has 1 atom stereocenters. The normalized spacial score (nSPS) is 11.9. The highest BCUT2D eigenvalue weighted by atomic mass is 35.5. The smallest absolute Gasteiger partial charge is 0.139 e. The summed E-state index contributed by atoms with van der Waals surface area (Å²) in [5.74, 6) is 0.509. The molecule has 0 spiro atoms. The molecule has 0 saturated carbocycles. The Bertz CT molecular complexity index is 376. The van der Waals surface area contributed by atoms with Crippen molar-refractivity contribution in [2.24, 2.45) is 5.73 Å². The van der Waals surface area contributed by atoms with Crippen molar-refractivity contribution in [3.63, 3.8) is 0 Å². The fourth-order valence-corrected chi connectivity index (χ4v) is 1.28. The van der Waals surface area contributed by atoms with Crippen LogP contribution in [-0.4, -0.2) is 12.6 Å². The molecule has 80 valence electrons. The summed E-state index contributed by atoms with van der Waals surface area (Å²) in [5.41, 5.74) is 5.40. The zero-order valence-corrected chi connectivity index (χ0v) is 9.42. The summed E-state index contributed by atoms with van der Waals surface area (Å²) >= 11 is 11.6. The number of nitrogens with two attached hydrogens (primary N) is 1. The highest BCUT2D eigenvalue weighted by molar-refractivity contribution is 6.34. The van der Waals surface area contributed by atoms with Gasteiger partial charge >= 0.3 is 0 Å². The van der Waals surface area contributed by atoms with Gasteiger partial charge < -0.3 is 10.5 Å². The van der Waals surface area contributed by atoms with Crippen molar-refractivity contribution in [1.82, 2.24) is 0 Å². The zero-order valence-electron chi connectivity index (χ0n) is 7.91. The lowest BCUT2D eigenvalue weighted by molar-refractivity contribution is 0.306. The predicted molar refractivity (Wildman–Crippen MR) is 60.2 cm³/mol.